The van der Waals surface area contributed by atoms with Crippen molar-refractivity contribution < 1.29 is 8.42 Å². The summed E-state index contributed by atoms with van der Waals surface area (Å²) in [6.45, 7) is 6.11. The van der Waals surface area contributed by atoms with Crippen molar-refractivity contribution in [2.45, 2.75) is 38.5 Å². The predicted molar refractivity (Wildman–Crippen MR) is 85.3 cm³/mol. The number of nitrogens with two attached hydrogens (primary N) is 1. The first-order valence-corrected chi connectivity index (χ1v) is 9.72. The molecule has 0 saturated carbocycles. The first-order chi connectivity index (χ1) is 10.1. The van der Waals surface area contributed by atoms with Gasteiger partial charge in [-0.3, -0.25) is 0 Å². The van der Waals surface area contributed by atoms with Crippen molar-refractivity contribution in [3.63, 3.8) is 0 Å². The van der Waals surface area contributed by atoms with Gasteiger partial charge in [0.1, 0.15) is 0 Å². The van der Waals surface area contributed by atoms with Gasteiger partial charge < -0.3 is 10.6 Å². The Hall–Kier alpha value is -0.210. The number of hydrogen-bond donors (Lipinski definition) is 1. The molecule has 2 N–H and O–H groups in total. The van der Waals surface area contributed by atoms with Gasteiger partial charge in [0.2, 0.25) is 0 Å². The topological polar surface area (TPSA) is 69.9 Å². The summed E-state index contributed by atoms with van der Waals surface area (Å²) in [6.07, 6.45) is 6.46. The zero-order valence-corrected chi connectivity index (χ0v) is 13.9. The molecule has 0 amide bonds. The Labute approximate surface area is 129 Å². The Morgan fingerprint density at radius 1 is 0.762 bits per heavy atom. The van der Waals surface area contributed by atoms with Crippen LogP contribution in [0.5, 0.6) is 0 Å². The lowest BCUT2D eigenvalue weighted by atomic mass is 10.2. The van der Waals surface area contributed by atoms with Crippen LogP contribution in [0, 0.1) is 0 Å². The molecule has 0 aromatic carbocycles. The predicted octanol–water partition coefficient (Wildman–Crippen LogP) is 0.464. The summed E-state index contributed by atoms with van der Waals surface area (Å²) in [4.78, 5) is 2.35. The summed E-state index contributed by atoms with van der Waals surface area (Å²) in [5.41, 5.74) is 5.51. The monoisotopic (exact) mass is 318 g/mol. The van der Waals surface area contributed by atoms with Crippen molar-refractivity contribution in [1.29, 1.82) is 0 Å². The molecule has 0 spiro atoms. The van der Waals surface area contributed by atoms with Crippen LogP contribution in [0.3, 0.4) is 0 Å². The summed E-state index contributed by atoms with van der Waals surface area (Å²) in [7, 11) is -3.24. The van der Waals surface area contributed by atoms with Crippen LogP contribution < -0.4 is 5.73 Å². The molecule has 0 aliphatic carbocycles. The maximum absolute atomic E-state index is 12.7. The smallest absolute Gasteiger partial charge is 0.282 e. The minimum atomic E-state index is -3.24. The first kappa shape index (κ1) is 17.1. The van der Waals surface area contributed by atoms with Gasteiger partial charge in [-0.1, -0.05) is 12.8 Å². The lowest BCUT2D eigenvalue weighted by molar-refractivity contribution is 0.179. The molecular formula is C14H30N4O2S. The summed E-state index contributed by atoms with van der Waals surface area (Å²) in [6, 6.07) is 0. The second-order valence-electron chi connectivity index (χ2n) is 6.06. The molecule has 0 radical (unpaired) electrons. The van der Waals surface area contributed by atoms with Gasteiger partial charge in [-0.2, -0.15) is 17.0 Å². The highest BCUT2D eigenvalue weighted by atomic mass is 32.2. The minimum absolute atomic E-state index is 0.626. The molecular weight excluding hydrogens is 288 g/mol. The molecule has 2 fully saturated rings. The molecule has 0 aromatic heterocycles. The summed E-state index contributed by atoms with van der Waals surface area (Å²) in [5.74, 6) is 0. The van der Waals surface area contributed by atoms with Gasteiger partial charge in [-0.25, -0.2) is 0 Å². The van der Waals surface area contributed by atoms with Gasteiger partial charge in [0, 0.05) is 39.3 Å². The Bertz CT molecular complexity index is 386. The fraction of sp³-hybridized carbons (Fsp3) is 1.00. The fourth-order valence-corrected chi connectivity index (χ4v) is 4.77. The summed E-state index contributed by atoms with van der Waals surface area (Å²) in [5, 5.41) is 0. The van der Waals surface area contributed by atoms with Gasteiger partial charge in [-0.15, -0.1) is 0 Å². The van der Waals surface area contributed by atoms with E-state index in [0.717, 1.165) is 64.7 Å². The minimum Gasteiger partial charge on any atom is -0.330 e. The van der Waals surface area contributed by atoms with Crippen molar-refractivity contribution >= 4 is 10.2 Å². The van der Waals surface area contributed by atoms with Crippen molar-refractivity contribution in [3.05, 3.63) is 0 Å². The maximum atomic E-state index is 12.7. The quantitative estimate of drug-likeness (QED) is 0.723. The maximum Gasteiger partial charge on any atom is 0.282 e. The van der Waals surface area contributed by atoms with E-state index in [4.69, 9.17) is 5.73 Å². The van der Waals surface area contributed by atoms with Gasteiger partial charge in [-0.05, 0) is 38.8 Å². The molecule has 2 heterocycles. The fourth-order valence-electron chi connectivity index (χ4n) is 3.10. The molecule has 124 valence electrons. The largest absolute Gasteiger partial charge is 0.330 e. The molecule has 0 atom stereocenters. The van der Waals surface area contributed by atoms with Crippen LogP contribution in [0.1, 0.15) is 38.5 Å². The average molecular weight is 318 g/mol. The van der Waals surface area contributed by atoms with E-state index in [1.807, 2.05) is 0 Å². The summed E-state index contributed by atoms with van der Waals surface area (Å²) < 4.78 is 28.7. The molecule has 2 aliphatic heterocycles. The average Bonchev–Trinajstić information content (AvgIpc) is 2.78. The zero-order valence-electron chi connectivity index (χ0n) is 13.0. The third kappa shape index (κ3) is 4.89. The first-order valence-electron chi connectivity index (χ1n) is 8.32. The highest BCUT2D eigenvalue weighted by Gasteiger charge is 2.32. The van der Waals surface area contributed by atoms with Gasteiger partial charge in [0.25, 0.3) is 10.2 Å². The molecule has 2 rings (SSSR count). The standard InChI is InChI=1S/C14H30N4O2S/c15-7-3-6-8-16-11-13-18(14-12-16)21(19,20)17-9-4-1-2-5-10-17/h1-15H2. The summed E-state index contributed by atoms with van der Waals surface area (Å²) >= 11 is 0. The van der Waals surface area contributed by atoms with Crippen molar-refractivity contribution in [3.8, 4) is 0 Å². The van der Waals surface area contributed by atoms with E-state index in [-0.39, 0.29) is 0 Å². The molecule has 7 heteroatoms. The Morgan fingerprint density at radius 3 is 1.90 bits per heavy atom. The van der Waals surface area contributed by atoms with E-state index in [9.17, 15) is 8.42 Å². The Balaban J connectivity index is 1.82. The van der Waals surface area contributed by atoms with Gasteiger partial charge >= 0.3 is 0 Å². The Morgan fingerprint density at radius 2 is 1.33 bits per heavy atom. The molecule has 0 unspecified atom stereocenters. The van der Waals surface area contributed by atoms with Crippen LogP contribution >= 0.6 is 0 Å². The van der Waals surface area contributed by atoms with E-state index < -0.39 is 10.2 Å². The van der Waals surface area contributed by atoms with Crippen LogP contribution in [-0.2, 0) is 10.2 Å². The van der Waals surface area contributed by atoms with Crippen molar-refractivity contribution in [2.75, 3.05) is 52.4 Å². The molecule has 0 bridgehead atoms. The lowest BCUT2D eigenvalue weighted by Gasteiger charge is -2.36. The number of rotatable bonds is 6. The van der Waals surface area contributed by atoms with Gasteiger partial charge in [0.05, 0.1) is 0 Å². The molecule has 6 nitrogen and oxygen atoms in total. The SMILES string of the molecule is NCCCCN1CCN(S(=O)(=O)N2CCCCCC2)CC1. The Kier molecular flexibility index (Phi) is 6.88. The van der Waals surface area contributed by atoms with Crippen LogP contribution in [-0.4, -0.2) is 74.3 Å². The molecule has 2 aliphatic rings. The van der Waals surface area contributed by atoms with Crippen LogP contribution in [0.15, 0.2) is 0 Å². The van der Waals surface area contributed by atoms with Crippen LogP contribution in [0.4, 0.5) is 0 Å². The molecule has 0 aromatic rings. The second-order valence-corrected chi connectivity index (χ2v) is 7.99. The number of unbranched alkanes of at least 4 members (excludes halogenated alkanes) is 1. The second kappa shape index (κ2) is 8.43. The molecule has 21 heavy (non-hydrogen) atoms. The number of nitrogens with zero attached hydrogens (tertiary/aromatic N) is 3. The normalized spacial score (nSPS) is 24.0. The van der Waals surface area contributed by atoms with E-state index in [2.05, 4.69) is 4.90 Å². The zero-order chi connectivity index (χ0) is 15.1. The highest BCUT2D eigenvalue weighted by molar-refractivity contribution is 7.86. The third-order valence-electron chi connectivity index (χ3n) is 4.48. The van der Waals surface area contributed by atoms with E-state index in [1.165, 1.54) is 0 Å². The van der Waals surface area contributed by atoms with Crippen LogP contribution in [0.2, 0.25) is 0 Å². The number of piperazine rings is 1. The van der Waals surface area contributed by atoms with Gasteiger partial charge in [0.15, 0.2) is 0 Å². The van der Waals surface area contributed by atoms with E-state index in [1.54, 1.807) is 8.61 Å². The lowest BCUT2D eigenvalue weighted by Crippen LogP contribution is -2.53. The van der Waals surface area contributed by atoms with Crippen LogP contribution in [0.25, 0.3) is 0 Å². The number of hydrogen-bond acceptors (Lipinski definition) is 4. The van der Waals surface area contributed by atoms with Crippen molar-refractivity contribution in [2.24, 2.45) is 5.73 Å². The van der Waals surface area contributed by atoms with E-state index in [0.29, 0.717) is 26.2 Å². The molecule has 2 saturated heterocycles. The highest BCUT2D eigenvalue weighted by Crippen LogP contribution is 2.18. The van der Waals surface area contributed by atoms with E-state index >= 15 is 0 Å². The van der Waals surface area contributed by atoms with Crippen molar-refractivity contribution in [1.82, 2.24) is 13.5 Å². The third-order valence-corrected chi connectivity index (χ3v) is 6.51.